The number of hydrogen-bond acceptors (Lipinski definition) is 5. The number of carboxylic acid groups (broad SMARTS) is 1. The molecule has 0 amide bonds. The number of pyridine rings is 1. The van der Waals surface area contributed by atoms with Crippen molar-refractivity contribution >= 4 is 38.9 Å². The molecule has 0 aliphatic carbocycles. The van der Waals surface area contributed by atoms with Gasteiger partial charge >= 0.3 is 5.97 Å². The third-order valence-electron chi connectivity index (χ3n) is 4.25. The van der Waals surface area contributed by atoms with Crippen molar-refractivity contribution in [3.8, 4) is 0 Å². The molecule has 2 aromatic heterocycles. The van der Waals surface area contributed by atoms with Gasteiger partial charge in [0.05, 0.1) is 5.52 Å². The topological polar surface area (TPSA) is 74.0 Å². The first-order chi connectivity index (χ1) is 11.6. The number of halogens is 1. The highest BCUT2D eigenvalue weighted by molar-refractivity contribution is 7.16. The second-order valence-corrected chi connectivity index (χ2v) is 6.50. The summed E-state index contributed by atoms with van der Waals surface area (Å²) in [6.07, 6.45) is 0. The highest BCUT2D eigenvalue weighted by Crippen LogP contribution is 2.30. The summed E-state index contributed by atoms with van der Waals surface area (Å²) in [6.45, 7) is 3.22. The second-order valence-electron chi connectivity index (χ2n) is 5.64. The van der Waals surface area contributed by atoms with Gasteiger partial charge in [-0.3, -0.25) is 9.20 Å². The molecular weight excluding hydrogens is 333 g/mol. The molecule has 2 N–H and O–H groups in total. The third kappa shape index (κ3) is 2.18. The van der Waals surface area contributed by atoms with E-state index in [-0.39, 0.29) is 10.9 Å². The number of nitrogens with one attached hydrogen (secondary N) is 1. The van der Waals surface area contributed by atoms with E-state index >= 15 is 0 Å². The van der Waals surface area contributed by atoms with Crippen molar-refractivity contribution in [2.45, 2.75) is 0 Å². The van der Waals surface area contributed by atoms with Crippen molar-refractivity contribution in [1.29, 1.82) is 0 Å². The Kier molecular flexibility index (Phi) is 3.50. The number of carbonyl (C=O) groups is 1. The zero-order valence-corrected chi connectivity index (χ0v) is 13.4. The maximum absolute atomic E-state index is 13.6. The van der Waals surface area contributed by atoms with E-state index in [0.29, 0.717) is 10.3 Å². The van der Waals surface area contributed by atoms with Crippen LogP contribution in [0.1, 0.15) is 10.4 Å². The van der Waals surface area contributed by atoms with Crippen LogP contribution in [0.25, 0.3) is 15.7 Å². The highest BCUT2D eigenvalue weighted by atomic mass is 32.1. The predicted octanol–water partition coefficient (Wildman–Crippen LogP) is 1.76. The minimum atomic E-state index is -1.29. The first-order valence-corrected chi connectivity index (χ1v) is 8.40. The number of thiazole rings is 1. The summed E-state index contributed by atoms with van der Waals surface area (Å²) in [5.74, 6) is -1.03. The van der Waals surface area contributed by atoms with Gasteiger partial charge in [0.15, 0.2) is 0 Å². The number of anilines is 1. The first-order valence-electron chi connectivity index (χ1n) is 7.52. The summed E-state index contributed by atoms with van der Waals surface area (Å²) in [5.41, 5.74) is -0.429. The van der Waals surface area contributed by atoms with E-state index in [1.165, 1.54) is 23.5 Å². The molecule has 4 rings (SSSR count). The van der Waals surface area contributed by atoms with Gasteiger partial charge < -0.3 is 15.3 Å². The maximum atomic E-state index is 13.6. The molecule has 124 valence electrons. The Morgan fingerprint density at radius 1 is 1.29 bits per heavy atom. The van der Waals surface area contributed by atoms with Crippen LogP contribution < -0.4 is 15.6 Å². The van der Waals surface area contributed by atoms with Crippen LogP contribution in [0.15, 0.2) is 28.4 Å². The monoisotopic (exact) mass is 347 g/mol. The molecule has 1 saturated heterocycles. The van der Waals surface area contributed by atoms with Crippen LogP contribution in [0.2, 0.25) is 0 Å². The van der Waals surface area contributed by atoms with Gasteiger partial charge in [-0.05, 0) is 18.2 Å². The summed E-state index contributed by atoms with van der Waals surface area (Å²) in [7, 11) is 0. The average Bonchev–Trinajstić information content (AvgIpc) is 3.00. The lowest BCUT2D eigenvalue weighted by atomic mass is 10.1. The molecule has 0 bridgehead atoms. The minimum absolute atomic E-state index is 0.0830. The lowest BCUT2D eigenvalue weighted by molar-refractivity contribution is 0.0697. The molecular formula is C16H14FN3O3S. The number of nitrogens with zero attached hydrogens (tertiary/aromatic N) is 2. The molecule has 0 radical (unpaired) electrons. The van der Waals surface area contributed by atoms with E-state index in [1.807, 2.05) is 5.38 Å². The fourth-order valence-electron chi connectivity index (χ4n) is 3.14. The van der Waals surface area contributed by atoms with Crippen molar-refractivity contribution in [3.05, 3.63) is 45.2 Å². The molecule has 0 spiro atoms. The van der Waals surface area contributed by atoms with Crippen LogP contribution in [-0.2, 0) is 0 Å². The van der Waals surface area contributed by atoms with E-state index in [2.05, 4.69) is 10.2 Å². The van der Waals surface area contributed by atoms with E-state index in [4.69, 9.17) is 0 Å². The zero-order valence-electron chi connectivity index (χ0n) is 12.6. The molecule has 8 heteroatoms. The fourth-order valence-corrected chi connectivity index (χ4v) is 4.20. The number of benzene rings is 1. The van der Waals surface area contributed by atoms with Gasteiger partial charge in [-0.15, -0.1) is 11.3 Å². The quantitative estimate of drug-likeness (QED) is 0.739. The molecule has 0 atom stereocenters. The molecule has 1 aliphatic heterocycles. The van der Waals surface area contributed by atoms with Crippen molar-refractivity contribution in [2.24, 2.45) is 0 Å². The van der Waals surface area contributed by atoms with Gasteiger partial charge in [0.2, 0.25) is 5.43 Å². The van der Waals surface area contributed by atoms with Crippen LogP contribution >= 0.6 is 11.3 Å². The SMILES string of the molecule is O=C(O)c1c(=O)c2cc(F)ccc2n2c(N3CCNCC3)csc12. The van der Waals surface area contributed by atoms with Crippen molar-refractivity contribution < 1.29 is 14.3 Å². The average molecular weight is 347 g/mol. The van der Waals surface area contributed by atoms with Crippen LogP contribution in [0.3, 0.4) is 0 Å². The highest BCUT2D eigenvalue weighted by Gasteiger charge is 2.23. The maximum Gasteiger partial charge on any atom is 0.342 e. The summed E-state index contributed by atoms with van der Waals surface area (Å²) in [4.78, 5) is 26.7. The molecule has 3 heterocycles. The first kappa shape index (κ1) is 15.1. The van der Waals surface area contributed by atoms with Crippen LogP contribution in [0, 0.1) is 5.82 Å². The number of fused-ring (bicyclic) bond motifs is 3. The van der Waals surface area contributed by atoms with Crippen molar-refractivity contribution in [1.82, 2.24) is 9.72 Å². The fraction of sp³-hybridized carbons (Fsp3) is 0.250. The Bertz CT molecular complexity index is 1020. The van der Waals surface area contributed by atoms with Gasteiger partial charge in [-0.1, -0.05) is 0 Å². The van der Waals surface area contributed by atoms with Gasteiger partial charge in [0.1, 0.15) is 22.0 Å². The van der Waals surface area contributed by atoms with Crippen LogP contribution in [0.5, 0.6) is 0 Å². The molecule has 0 saturated carbocycles. The number of rotatable bonds is 2. The standard InChI is InChI=1S/C16H14FN3O3S/c17-9-1-2-11-10(7-9)14(21)13(16(22)23)15-20(11)12(8-24-15)19-5-3-18-4-6-19/h1-2,7-8,18H,3-6H2,(H,22,23). The zero-order chi connectivity index (χ0) is 16.8. The molecule has 3 aromatic rings. The molecule has 24 heavy (non-hydrogen) atoms. The van der Waals surface area contributed by atoms with Gasteiger partial charge in [0.25, 0.3) is 0 Å². The molecule has 0 unspecified atom stereocenters. The molecule has 1 aliphatic rings. The Morgan fingerprint density at radius 2 is 2.04 bits per heavy atom. The second kappa shape index (κ2) is 5.57. The van der Waals surface area contributed by atoms with Gasteiger partial charge in [-0.25, -0.2) is 9.18 Å². The lowest BCUT2D eigenvalue weighted by Gasteiger charge is -2.29. The Balaban J connectivity index is 2.12. The Morgan fingerprint density at radius 3 is 2.75 bits per heavy atom. The summed E-state index contributed by atoms with van der Waals surface area (Å²) in [5, 5.41) is 14.7. The third-order valence-corrected chi connectivity index (χ3v) is 5.19. The molecule has 1 aromatic carbocycles. The normalized spacial score (nSPS) is 15.3. The number of carboxylic acids is 1. The number of aromatic nitrogens is 1. The molecule has 1 fully saturated rings. The minimum Gasteiger partial charge on any atom is -0.477 e. The van der Waals surface area contributed by atoms with E-state index < -0.39 is 17.2 Å². The largest absolute Gasteiger partial charge is 0.477 e. The van der Waals surface area contributed by atoms with Crippen LogP contribution in [0.4, 0.5) is 10.2 Å². The predicted molar refractivity (Wildman–Crippen MR) is 91.1 cm³/mol. The van der Waals surface area contributed by atoms with Crippen molar-refractivity contribution in [2.75, 3.05) is 31.1 Å². The Hall–Kier alpha value is -2.45. The smallest absolute Gasteiger partial charge is 0.342 e. The van der Waals surface area contributed by atoms with E-state index in [1.54, 1.807) is 4.40 Å². The summed E-state index contributed by atoms with van der Waals surface area (Å²) < 4.78 is 15.4. The summed E-state index contributed by atoms with van der Waals surface area (Å²) >= 11 is 1.22. The van der Waals surface area contributed by atoms with Crippen molar-refractivity contribution in [3.63, 3.8) is 0 Å². The molecule has 6 nitrogen and oxygen atoms in total. The number of piperazine rings is 1. The van der Waals surface area contributed by atoms with E-state index in [0.717, 1.165) is 38.1 Å². The van der Waals surface area contributed by atoms with Gasteiger partial charge in [0, 0.05) is 36.9 Å². The number of aromatic carboxylic acids is 1. The lowest BCUT2D eigenvalue weighted by Crippen LogP contribution is -2.44. The van der Waals surface area contributed by atoms with Gasteiger partial charge in [-0.2, -0.15) is 0 Å². The van der Waals surface area contributed by atoms with E-state index in [9.17, 15) is 19.1 Å². The van der Waals surface area contributed by atoms with Crippen LogP contribution in [-0.4, -0.2) is 41.7 Å². The Labute approximate surface area is 139 Å². The number of hydrogen-bond donors (Lipinski definition) is 2. The summed E-state index contributed by atoms with van der Waals surface area (Å²) in [6, 6.07) is 3.92.